The molecule has 0 radical (unpaired) electrons. The van der Waals surface area contributed by atoms with Crippen molar-refractivity contribution in [3.05, 3.63) is 289 Å². The third-order valence-electron chi connectivity index (χ3n) is 11.5. The van der Waals surface area contributed by atoms with Gasteiger partial charge in [0.15, 0.2) is 0 Å². The second kappa shape index (κ2) is 27.3. The zero-order valence-electron chi connectivity index (χ0n) is 40.7. The topological polar surface area (TPSA) is 161 Å². The second-order valence-corrected chi connectivity index (χ2v) is 16.6. The molecular weight excluding hydrogens is 1130 g/mol. The summed E-state index contributed by atoms with van der Waals surface area (Å²) in [6, 6.07) is 71.1. The summed E-state index contributed by atoms with van der Waals surface area (Å²) in [6.07, 6.45) is 10.5. The third kappa shape index (κ3) is 14.4. The van der Waals surface area contributed by atoms with Crippen molar-refractivity contribution in [2.45, 2.75) is 18.9 Å². The molecule has 0 aliphatic carbocycles. The maximum absolute atomic E-state index is 11.9. The van der Waals surface area contributed by atoms with E-state index in [2.05, 4.69) is 49.2 Å². The summed E-state index contributed by atoms with van der Waals surface area (Å²) in [7, 11) is 0. The zero-order chi connectivity index (χ0) is 51.4. The predicted molar refractivity (Wildman–Crippen MR) is 288 cm³/mol. The molecule has 5 aromatic carbocycles. The van der Waals surface area contributed by atoms with E-state index in [1.165, 1.54) is 0 Å². The standard InChI is InChI=1S/3C14H10NO2.2C11H9N.Ir/c3*16-14-11(12-6-3-4-8-15-12)9-10-5-1-2-7-13(10)17-14;2*1-2-6-10(7-3-1)11-8-4-5-9-12-11;/h3*1-9,14H;2*1-9H;/q3*-1;;;+3. The molecule has 0 saturated carbocycles. The maximum Gasteiger partial charge on any atom is 3.00 e. The van der Waals surface area contributed by atoms with Crippen LogP contribution in [0, 0.1) is 0 Å². The summed E-state index contributed by atoms with van der Waals surface area (Å²) in [5, 5.41) is 35.7. The molecule has 11 nitrogen and oxygen atoms in total. The molecule has 0 N–H and O–H groups in total. The van der Waals surface area contributed by atoms with Crippen molar-refractivity contribution >= 4 is 34.9 Å². The van der Waals surface area contributed by atoms with Crippen molar-refractivity contribution in [1.82, 2.24) is 24.9 Å². The molecule has 3 unspecified atom stereocenters. The van der Waals surface area contributed by atoms with Gasteiger partial charge in [0.05, 0.1) is 47.3 Å². The number of aromatic nitrogens is 5. The van der Waals surface area contributed by atoms with Crippen LogP contribution in [0.5, 0.6) is 17.2 Å². The van der Waals surface area contributed by atoms with Crippen LogP contribution in [0.4, 0.5) is 0 Å². The van der Waals surface area contributed by atoms with Crippen LogP contribution in [-0.4, -0.2) is 43.8 Å². The maximum atomic E-state index is 11.9. The first-order chi connectivity index (χ1) is 37.0. The van der Waals surface area contributed by atoms with Crippen LogP contribution in [0.1, 0.15) is 33.8 Å². The van der Waals surface area contributed by atoms with Crippen LogP contribution in [0.25, 0.3) is 57.5 Å². The van der Waals surface area contributed by atoms with E-state index < -0.39 is 18.9 Å². The minimum Gasteiger partial charge on any atom is -0.818 e. The van der Waals surface area contributed by atoms with E-state index in [0.717, 1.165) is 39.2 Å². The van der Waals surface area contributed by atoms with E-state index in [-0.39, 0.29) is 20.1 Å². The van der Waals surface area contributed by atoms with E-state index in [1.54, 1.807) is 36.8 Å². The summed E-state index contributed by atoms with van der Waals surface area (Å²) in [5.41, 5.74) is 10.9. The molecule has 0 saturated heterocycles. The molecule has 0 amide bonds. The SMILES string of the molecule is [Ir+3].[O-]C1Oc2ccccc2C=C1c1ccccn1.[O-]C1Oc2ccccc2C=C1c1ccccn1.[O-]C1Oc2ccccc2C=C1c1ccccn1.c1ccc(-c2ccccn2)cc1.c1ccc(-c2ccccn2)cc1. The van der Waals surface area contributed by atoms with Gasteiger partial charge in [-0.1, -0.05) is 146 Å². The summed E-state index contributed by atoms with van der Waals surface area (Å²) in [4.78, 5) is 21.0. The van der Waals surface area contributed by atoms with Crippen LogP contribution in [0.15, 0.2) is 255 Å². The van der Waals surface area contributed by atoms with Gasteiger partial charge in [0.2, 0.25) is 0 Å². The van der Waals surface area contributed by atoms with Gasteiger partial charge in [-0.15, -0.1) is 0 Å². The fourth-order valence-corrected chi connectivity index (χ4v) is 7.83. The van der Waals surface area contributed by atoms with Gasteiger partial charge in [0.1, 0.15) is 17.2 Å². The minimum absolute atomic E-state index is 0. The number of rotatable bonds is 5. The Labute approximate surface area is 454 Å². The molecule has 10 aromatic rings. The number of fused-ring (bicyclic) bond motifs is 3. The average molecular weight is 1180 g/mol. The number of ether oxygens (including phenoxy) is 3. The average Bonchev–Trinajstić information content (AvgIpc) is 3.50. The number of pyridine rings is 5. The van der Waals surface area contributed by atoms with Gasteiger partial charge in [-0.2, -0.15) is 0 Å². The van der Waals surface area contributed by atoms with E-state index in [1.807, 2.05) is 213 Å². The van der Waals surface area contributed by atoms with Crippen LogP contribution in [-0.2, 0) is 20.1 Å². The van der Waals surface area contributed by atoms with Crippen molar-refractivity contribution in [1.29, 1.82) is 0 Å². The Morgan fingerprint density at radius 1 is 0.263 bits per heavy atom. The van der Waals surface area contributed by atoms with Gasteiger partial charge < -0.3 is 29.5 Å². The molecule has 3 aliphatic heterocycles. The fraction of sp³-hybridized carbons (Fsp3) is 0.0469. The summed E-state index contributed by atoms with van der Waals surface area (Å²) in [6.45, 7) is 0. The van der Waals surface area contributed by atoms with E-state index in [4.69, 9.17) is 14.2 Å². The number of para-hydroxylation sites is 3. The first-order valence-corrected chi connectivity index (χ1v) is 24.0. The van der Waals surface area contributed by atoms with Gasteiger partial charge in [-0.3, -0.25) is 24.9 Å². The first kappa shape index (κ1) is 53.3. The van der Waals surface area contributed by atoms with Gasteiger partial charge in [0, 0.05) is 75.5 Å². The molecule has 374 valence electrons. The number of hydrogen-bond donors (Lipinski definition) is 0. The second-order valence-electron chi connectivity index (χ2n) is 16.6. The smallest absolute Gasteiger partial charge is 0.818 e. The minimum atomic E-state index is -1.21. The molecule has 3 aliphatic rings. The number of nitrogens with zero attached hydrogens (tertiary/aromatic N) is 5. The Bertz CT molecular complexity index is 3050. The Kier molecular flexibility index (Phi) is 19.2. The summed E-state index contributed by atoms with van der Waals surface area (Å²) >= 11 is 0. The fourth-order valence-electron chi connectivity index (χ4n) is 7.83. The third-order valence-corrected chi connectivity index (χ3v) is 11.5. The van der Waals surface area contributed by atoms with E-state index >= 15 is 0 Å². The van der Waals surface area contributed by atoms with Gasteiger partial charge >= 0.3 is 20.1 Å². The van der Waals surface area contributed by atoms with E-state index in [0.29, 0.717) is 51.0 Å². The molecule has 13 rings (SSSR count). The van der Waals surface area contributed by atoms with Crippen LogP contribution >= 0.6 is 0 Å². The van der Waals surface area contributed by atoms with E-state index in [9.17, 15) is 15.3 Å². The largest absolute Gasteiger partial charge is 3.00 e. The summed E-state index contributed by atoms with van der Waals surface area (Å²) < 4.78 is 16.0. The summed E-state index contributed by atoms with van der Waals surface area (Å²) in [5.74, 6) is 1.89. The molecule has 76 heavy (non-hydrogen) atoms. The molecule has 12 heteroatoms. The molecule has 5 aromatic heterocycles. The van der Waals surface area contributed by atoms with Gasteiger partial charge in [0.25, 0.3) is 0 Å². The normalized spacial score (nSPS) is 15.1. The Morgan fingerprint density at radius 3 is 0.763 bits per heavy atom. The quantitative estimate of drug-likeness (QED) is 0.161. The zero-order valence-corrected chi connectivity index (χ0v) is 43.1. The van der Waals surface area contributed by atoms with Crippen LogP contribution < -0.4 is 29.5 Å². The van der Waals surface area contributed by atoms with Gasteiger partial charge in [-0.25, -0.2) is 0 Å². The molecular formula is C64H48IrN5O6. The van der Waals surface area contributed by atoms with Crippen molar-refractivity contribution in [2.24, 2.45) is 0 Å². The molecule has 0 bridgehead atoms. The number of hydrogen-bond acceptors (Lipinski definition) is 11. The first-order valence-electron chi connectivity index (χ1n) is 24.0. The molecule has 8 heterocycles. The molecule has 3 atom stereocenters. The monoisotopic (exact) mass is 1180 g/mol. The van der Waals surface area contributed by atoms with Crippen molar-refractivity contribution in [3.8, 4) is 39.8 Å². The van der Waals surface area contributed by atoms with Crippen LogP contribution in [0.2, 0.25) is 0 Å². The Hall–Kier alpha value is -9.00. The molecule has 0 fully saturated rings. The van der Waals surface area contributed by atoms with Crippen molar-refractivity contribution in [2.75, 3.05) is 0 Å². The van der Waals surface area contributed by atoms with Crippen molar-refractivity contribution < 1.29 is 49.6 Å². The molecule has 0 spiro atoms. The Morgan fingerprint density at radius 2 is 0.500 bits per heavy atom. The number of benzene rings is 5. The van der Waals surface area contributed by atoms with Crippen LogP contribution in [0.3, 0.4) is 0 Å². The van der Waals surface area contributed by atoms with Gasteiger partial charge in [-0.05, 0) is 97.1 Å². The Balaban J connectivity index is 0.000000127. The van der Waals surface area contributed by atoms with Crippen molar-refractivity contribution in [3.63, 3.8) is 0 Å². The predicted octanol–water partition coefficient (Wildman–Crippen LogP) is 10.6.